The Morgan fingerprint density at radius 3 is 2.70 bits per heavy atom. The molecule has 7 nitrogen and oxygen atoms in total. The predicted molar refractivity (Wildman–Crippen MR) is 101 cm³/mol. The lowest BCUT2D eigenvalue weighted by atomic mass is 10.2. The lowest BCUT2D eigenvalue weighted by molar-refractivity contribution is -0.121. The van der Waals surface area contributed by atoms with E-state index in [1.807, 2.05) is 25.1 Å². The summed E-state index contributed by atoms with van der Waals surface area (Å²) in [6.45, 7) is 5.36. The number of methoxy groups -OCH3 is 1. The van der Waals surface area contributed by atoms with Gasteiger partial charge in [-0.15, -0.1) is 0 Å². The number of carbonyl (C=O) groups excluding carboxylic acids is 2. The summed E-state index contributed by atoms with van der Waals surface area (Å²) < 4.78 is 10.5. The largest absolute Gasteiger partial charge is 0.466 e. The second kappa shape index (κ2) is 10.5. The fourth-order valence-electron chi connectivity index (χ4n) is 2.74. The van der Waals surface area contributed by atoms with Crippen LogP contribution in [0, 0.1) is 13.8 Å². The van der Waals surface area contributed by atoms with Crippen LogP contribution >= 0.6 is 0 Å². The highest BCUT2D eigenvalue weighted by Crippen LogP contribution is 2.16. The Hall–Kier alpha value is -2.67. The number of hydrogen-bond acceptors (Lipinski definition) is 5. The van der Waals surface area contributed by atoms with Gasteiger partial charge in [0.25, 0.3) is 5.91 Å². The molecule has 27 heavy (non-hydrogen) atoms. The number of carbonyl (C=O) groups is 2. The van der Waals surface area contributed by atoms with Crippen molar-refractivity contribution in [3.63, 3.8) is 0 Å². The van der Waals surface area contributed by atoms with Crippen LogP contribution in [0.25, 0.3) is 0 Å². The Kier molecular flexibility index (Phi) is 8.00. The lowest BCUT2D eigenvalue weighted by Gasteiger charge is -2.22. The first-order valence-electron chi connectivity index (χ1n) is 9.03. The lowest BCUT2D eigenvalue weighted by Crippen LogP contribution is -2.36. The highest BCUT2D eigenvalue weighted by atomic mass is 16.5. The molecular formula is C20H27N3O4. The van der Waals surface area contributed by atoms with Crippen molar-refractivity contribution >= 4 is 11.8 Å². The zero-order chi connectivity index (χ0) is 19.6. The van der Waals surface area contributed by atoms with E-state index in [0.29, 0.717) is 49.7 Å². The Morgan fingerprint density at radius 1 is 1.26 bits per heavy atom. The zero-order valence-electron chi connectivity index (χ0n) is 16.2. The van der Waals surface area contributed by atoms with Gasteiger partial charge in [0.1, 0.15) is 11.5 Å². The van der Waals surface area contributed by atoms with E-state index in [-0.39, 0.29) is 18.2 Å². The summed E-state index contributed by atoms with van der Waals surface area (Å²) in [7, 11) is 1.63. The molecule has 7 heteroatoms. The third-order valence-corrected chi connectivity index (χ3v) is 4.14. The first kappa shape index (κ1) is 20.6. The van der Waals surface area contributed by atoms with E-state index < -0.39 is 0 Å². The maximum atomic E-state index is 12.8. The topological polar surface area (TPSA) is 84.7 Å². The monoisotopic (exact) mass is 373 g/mol. The Labute approximate surface area is 159 Å². The molecule has 146 valence electrons. The van der Waals surface area contributed by atoms with Crippen LogP contribution in [-0.4, -0.2) is 48.5 Å². The van der Waals surface area contributed by atoms with E-state index in [1.165, 1.54) is 0 Å². The number of aromatic nitrogens is 1. The normalized spacial score (nSPS) is 10.6. The molecule has 2 aromatic heterocycles. The van der Waals surface area contributed by atoms with E-state index in [1.54, 1.807) is 31.2 Å². The Morgan fingerprint density at radius 2 is 2.07 bits per heavy atom. The molecule has 0 fully saturated rings. The van der Waals surface area contributed by atoms with Crippen LogP contribution in [0.2, 0.25) is 0 Å². The van der Waals surface area contributed by atoms with Crippen LogP contribution in [0.5, 0.6) is 0 Å². The Balaban J connectivity index is 1.92. The van der Waals surface area contributed by atoms with Gasteiger partial charge in [0.15, 0.2) is 0 Å². The van der Waals surface area contributed by atoms with Gasteiger partial charge in [-0.3, -0.25) is 14.6 Å². The number of furan rings is 1. The van der Waals surface area contributed by atoms with Crippen molar-refractivity contribution in [2.75, 3.05) is 26.8 Å². The molecule has 1 N–H and O–H groups in total. The number of hydrogen-bond donors (Lipinski definition) is 1. The molecule has 2 heterocycles. The minimum absolute atomic E-state index is 0.120. The standard InChI is InChI=1S/C20H27N3O4/c1-15-13-18(16(2)27-15)20(25)23(10-6-12-26-3)11-8-19(24)22-14-17-7-4-5-9-21-17/h4-5,7,9,13H,6,8,10-12,14H2,1-3H3,(H,22,24). The van der Waals surface area contributed by atoms with Gasteiger partial charge in [-0.05, 0) is 38.5 Å². The van der Waals surface area contributed by atoms with Crippen molar-refractivity contribution < 1.29 is 18.7 Å². The average Bonchev–Trinajstić information content (AvgIpc) is 3.01. The van der Waals surface area contributed by atoms with Crippen LogP contribution in [0.4, 0.5) is 0 Å². The summed E-state index contributed by atoms with van der Waals surface area (Å²) in [5, 5.41) is 2.83. The number of pyridine rings is 1. The molecule has 2 amide bonds. The summed E-state index contributed by atoms with van der Waals surface area (Å²) in [5.41, 5.74) is 1.34. The van der Waals surface area contributed by atoms with Crippen molar-refractivity contribution in [3.05, 3.63) is 53.2 Å². The number of nitrogens with one attached hydrogen (secondary N) is 1. The van der Waals surface area contributed by atoms with Crippen LogP contribution < -0.4 is 5.32 Å². The maximum absolute atomic E-state index is 12.8. The van der Waals surface area contributed by atoms with Crippen LogP contribution in [0.3, 0.4) is 0 Å². The van der Waals surface area contributed by atoms with Crippen LogP contribution in [-0.2, 0) is 16.1 Å². The SMILES string of the molecule is COCCCN(CCC(=O)NCc1ccccn1)C(=O)c1cc(C)oc1C. The smallest absolute Gasteiger partial charge is 0.257 e. The van der Waals surface area contributed by atoms with Gasteiger partial charge in [0.05, 0.1) is 17.8 Å². The van der Waals surface area contributed by atoms with Gasteiger partial charge >= 0.3 is 0 Å². The van der Waals surface area contributed by atoms with Gasteiger partial charge in [-0.2, -0.15) is 0 Å². The Bertz CT molecular complexity index is 743. The van der Waals surface area contributed by atoms with Gasteiger partial charge in [0.2, 0.25) is 5.91 Å². The quantitative estimate of drug-likeness (QED) is 0.647. The van der Waals surface area contributed by atoms with Crippen molar-refractivity contribution in [1.82, 2.24) is 15.2 Å². The summed E-state index contributed by atoms with van der Waals surface area (Å²) in [6.07, 6.45) is 2.61. The van der Waals surface area contributed by atoms with Gasteiger partial charge in [-0.25, -0.2) is 0 Å². The fraction of sp³-hybridized carbons (Fsp3) is 0.450. The predicted octanol–water partition coefficient (Wildman–Crippen LogP) is 2.48. The second-order valence-electron chi connectivity index (χ2n) is 6.31. The number of rotatable bonds is 10. The van der Waals surface area contributed by atoms with E-state index in [2.05, 4.69) is 10.3 Å². The summed E-state index contributed by atoms with van der Waals surface area (Å²) in [5.74, 6) is 1.04. The molecule has 0 spiro atoms. The summed E-state index contributed by atoms with van der Waals surface area (Å²) >= 11 is 0. The second-order valence-corrected chi connectivity index (χ2v) is 6.31. The maximum Gasteiger partial charge on any atom is 0.257 e. The van der Waals surface area contributed by atoms with Crippen molar-refractivity contribution in [3.8, 4) is 0 Å². The average molecular weight is 373 g/mol. The molecule has 2 aromatic rings. The highest BCUT2D eigenvalue weighted by Gasteiger charge is 2.21. The molecule has 0 atom stereocenters. The van der Waals surface area contributed by atoms with Crippen molar-refractivity contribution in [2.45, 2.75) is 33.2 Å². The molecule has 0 saturated heterocycles. The van der Waals surface area contributed by atoms with E-state index in [4.69, 9.17) is 9.15 Å². The fourth-order valence-corrected chi connectivity index (χ4v) is 2.74. The summed E-state index contributed by atoms with van der Waals surface area (Å²) in [6, 6.07) is 7.29. The molecule has 2 rings (SSSR count). The molecule has 0 aromatic carbocycles. The molecule has 0 bridgehead atoms. The zero-order valence-corrected chi connectivity index (χ0v) is 16.2. The van der Waals surface area contributed by atoms with Crippen LogP contribution in [0.1, 0.15) is 40.4 Å². The third kappa shape index (κ3) is 6.53. The first-order chi connectivity index (χ1) is 13.0. The number of aryl methyl sites for hydroxylation is 2. The third-order valence-electron chi connectivity index (χ3n) is 4.14. The van der Waals surface area contributed by atoms with E-state index in [0.717, 1.165) is 5.69 Å². The van der Waals surface area contributed by atoms with E-state index >= 15 is 0 Å². The number of ether oxygens (including phenoxy) is 1. The molecule has 0 aliphatic heterocycles. The minimum Gasteiger partial charge on any atom is -0.466 e. The van der Waals surface area contributed by atoms with Crippen molar-refractivity contribution in [1.29, 1.82) is 0 Å². The molecular weight excluding hydrogens is 346 g/mol. The first-order valence-corrected chi connectivity index (χ1v) is 9.03. The molecule has 0 unspecified atom stereocenters. The van der Waals surface area contributed by atoms with Crippen molar-refractivity contribution in [2.24, 2.45) is 0 Å². The van der Waals surface area contributed by atoms with Gasteiger partial charge in [-0.1, -0.05) is 6.07 Å². The molecule has 0 radical (unpaired) electrons. The highest BCUT2D eigenvalue weighted by molar-refractivity contribution is 5.95. The van der Waals surface area contributed by atoms with Gasteiger partial charge in [0, 0.05) is 39.4 Å². The molecule has 0 aliphatic rings. The molecule has 0 saturated carbocycles. The van der Waals surface area contributed by atoms with Gasteiger partial charge < -0.3 is 19.4 Å². The van der Waals surface area contributed by atoms with E-state index in [9.17, 15) is 9.59 Å². The number of nitrogens with zero attached hydrogens (tertiary/aromatic N) is 2. The number of amides is 2. The van der Waals surface area contributed by atoms with Crippen LogP contribution in [0.15, 0.2) is 34.9 Å². The molecule has 0 aliphatic carbocycles. The minimum atomic E-state index is -0.127. The summed E-state index contributed by atoms with van der Waals surface area (Å²) in [4.78, 5) is 30.9.